The van der Waals surface area contributed by atoms with Gasteiger partial charge < -0.3 is 4.74 Å². The summed E-state index contributed by atoms with van der Waals surface area (Å²) in [7, 11) is -2.84. The first-order chi connectivity index (χ1) is 9.98. The fourth-order valence-electron chi connectivity index (χ4n) is 2.23. The summed E-state index contributed by atoms with van der Waals surface area (Å²) in [5.41, 5.74) is 0.720. The predicted octanol–water partition coefficient (Wildman–Crippen LogP) is 2.17. The van der Waals surface area contributed by atoms with Gasteiger partial charge in [-0.2, -0.15) is 0 Å². The minimum absolute atomic E-state index is 0.197. The van der Waals surface area contributed by atoms with Crippen molar-refractivity contribution >= 4 is 38.9 Å². The third-order valence-corrected chi connectivity index (χ3v) is 7.35. The zero-order valence-corrected chi connectivity index (χ0v) is 14.4. The molecule has 5 nitrogen and oxygen atoms in total. The second kappa shape index (κ2) is 7.60. The number of hydrogen-bond donors (Lipinski definition) is 0. The topological polar surface area (TPSA) is 73.3 Å². The maximum atomic E-state index is 11.6. The van der Waals surface area contributed by atoms with Crippen LogP contribution in [0.1, 0.15) is 25.5 Å². The van der Waals surface area contributed by atoms with Gasteiger partial charge in [-0.3, -0.25) is 4.79 Å². The average molecular weight is 349 g/mol. The Morgan fingerprint density at radius 3 is 3.10 bits per heavy atom. The van der Waals surface area contributed by atoms with E-state index in [9.17, 15) is 13.2 Å². The molecule has 0 aromatic carbocycles. The number of carbonyl (C=O) groups excluding carboxylic acids is 1. The molecular formula is C13H19NO4S3. The van der Waals surface area contributed by atoms with E-state index in [0.29, 0.717) is 18.1 Å². The molecule has 21 heavy (non-hydrogen) atoms. The van der Waals surface area contributed by atoms with Gasteiger partial charge in [0.15, 0.2) is 9.84 Å². The van der Waals surface area contributed by atoms with Crippen LogP contribution in [-0.2, 0) is 25.8 Å². The average Bonchev–Trinajstić information content (AvgIpc) is 2.83. The maximum absolute atomic E-state index is 11.6. The lowest BCUT2D eigenvalue weighted by atomic mass is 10.1. The van der Waals surface area contributed by atoms with Crippen LogP contribution in [0.5, 0.6) is 0 Å². The van der Waals surface area contributed by atoms with Crippen LogP contribution in [0.4, 0.5) is 0 Å². The number of nitrogens with zero attached hydrogens (tertiary/aromatic N) is 1. The van der Waals surface area contributed by atoms with Crippen LogP contribution >= 0.6 is 23.1 Å². The third-order valence-electron chi connectivity index (χ3n) is 3.16. The largest absolute Gasteiger partial charge is 0.466 e. The standard InChI is InChI=1S/C13H19NO4S3/c1-2-18-12(15)6-11-8-20-13(14-11)19-7-10-4-3-5-21(16,17)9-10/h8,10H,2-7,9H2,1H3. The van der Waals surface area contributed by atoms with Gasteiger partial charge in [-0.15, -0.1) is 11.3 Å². The first-order valence-electron chi connectivity index (χ1n) is 6.92. The van der Waals surface area contributed by atoms with Crippen LogP contribution in [0, 0.1) is 5.92 Å². The summed E-state index contributed by atoms with van der Waals surface area (Å²) < 4.78 is 28.9. The van der Waals surface area contributed by atoms with Gasteiger partial charge in [-0.05, 0) is 25.7 Å². The van der Waals surface area contributed by atoms with Gasteiger partial charge in [0.25, 0.3) is 0 Å². The Bertz CT molecular complexity index is 582. The van der Waals surface area contributed by atoms with Crippen molar-refractivity contribution in [1.29, 1.82) is 0 Å². The molecule has 1 aliphatic heterocycles. The molecule has 118 valence electrons. The highest BCUT2D eigenvalue weighted by atomic mass is 32.2. The van der Waals surface area contributed by atoms with Crippen molar-refractivity contribution in [2.75, 3.05) is 23.9 Å². The smallest absolute Gasteiger partial charge is 0.311 e. The molecule has 1 unspecified atom stereocenters. The van der Waals surface area contributed by atoms with Gasteiger partial charge >= 0.3 is 5.97 Å². The molecule has 0 saturated carbocycles. The Hall–Kier alpha value is -0.600. The Kier molecular flexibility index (Phi) is 6.07. The summed E-state index contributed by atoms with van der Waals surface area (Å²) in [4.78, 5) is 15.8. The van der Waals surface area contributed by atoms with Crippen LogP contribution in [0.15, 0.2) is 9.72 Å². The first kappa shape index (κ1) is 16.8. The van der Waals surface area contributed by atoms with E-state index in [2.05, 4.69) is 4.98 Å². The number of esters is 1. The molecule has 1 saturated heterocycles. The number of hydrogen-bond acceptors (Lipinski definition) is 7. The molecule has 2 heterocycles. The summed E-state index contributed by atoms with van der Waals surface area (Å²) in [6, 6.07) is 0. The van der Waals surface area contributed by atoms with Crippen molar-refractivity contribution in [3.05, 3.63) is 11.1 Å². The van der Waals surface area contributed by atoms with E-state index < -0.39 is 9.84 Å². The number of thioether (sulfide) groups is 1. The van der Waals surface area contributed by atoms with Crippen molar-refractivity contribution in [3.8, 4) is 0 Å². The van der Waals surface area contributed by atoms with E-state index in [0.717, 1.165) is 28.6 Å². The van der Waals surface area contributed by atoms with Crippen LogP contribution in [-0.4, -0.2) is 43.2 Å². The molecule has 1 atom stereocenters. The van der Waals surface area contributed by atoms with E-state index in [1.165, 1.54) is 11.3 Å². The molecule has 0 N–H and O–H groups in total. The maximum Gasteiger partial charge on any atom is 0.311 e. The number of rotatable bonds is 6. The van der Waals surface area contributed by atoms with E-state index in [-0.39, 0.29) is 18.3 Å². The molecule has 0 aliphatic carbocycles. The highest BCUT2D eigenvalue weighted by Crippen LogP contribution is 2.29. The third kappa shape index (κ3) is 5.60. The molecule has 8 heteroatoms. The quantitative estimate of drug-likeness (QED) is 0.579. The Morgan fingerprint density at radius 1 is 1.57 bits per heavy atom. The van der Waals surface area contributed by atoms with Crippen molar-refractivity contribution in [3.63, 3.8) is 0 Å². The Balaban J connectivity index is 1.81. The molecule has 0 radical (unpaired) electrons. The number of ether oxygens (including phenoxy) is 1. The summed E-state index contributed by atoms with van der Waals surface area (Å²) in [5, 5.41) is 1.86. The minimum atomic E-state index is -2.84. The molecule has 1 aromatic rings. The molecule has 0 amide bonds. The number of sulfone groups is 1. The molecule has 1 aromatic heterocycles. The van der Waals surface area contributed by atoms with Crippen molar-refractivity contribution in [1.82, 2.24) is 4.98 Å². The summed E-state index contributed by atoms with van der Waals surface area (Å²) in [6.45, 7) is 2.15. The minimum Gasteiger partial charge on any atom is -0.466 e. The molecule has 2 rings (SSSR count). The monoisotopic (exact) mass is 349 g/mol. The molecule has 0 bridgehead atoms. The molecular weight excluding hydrogens is 330 g/mol. The summed E-state index contributed by atoms with van der Waals surface area (Å²) in [6.07, 6.45) is 1.93. The zero-order valence-electron chi connectivity index (χ0n) is 11.9. The molecule has 1 aliphatic rings. The van der Waals surface area contributed by atoms with Crippen molar-refractivity contribution < 1.29 is 17.9 Å². The lowest BCUT2D eigenvalue weighted by Crippen LogP contribution is -2.26. The summed E-state index contributed by atoms with van der Waals surface area (Å²) in [5.74, 6) is 1.34. The highest BCUT2D eigenvalue weighted by Gasteiger charge is 2.25. The lowest BCUT2D eigenvalue weighted by Gasteiger charge is -2.20. The van der Waals surface area contributed by atoms with E-state index in [1.54, 1.807) is 18.7 Å². The number of thiazole rings is 1. The van der Waals surface area contributed by atoms with Gasteiger partial charge in [-0.1, -0.05) is 11.8 Å². The first-order valence-corrected chi connectivity index (χ1v) is 10.6. The summed E-state index contributed by atoms with van der Waals surface area (Å²) >= 11 is 3.07. The predicted molar refractivity (Wildman–Crippen MR) is 84.6 cm³/mol. The Labute approximate surface area is 133 Å². The molecule has 0 spiro atoms. The number of aromatic nitrogens is 1. The van der Waals surface area contributed by atoms with Crippen LogP contribution in [0.2, 0.25) is 0 Å². The zero-order chi connectivity index (χ0) is 15.3. The fraction of sp³-hybridized carbons (Fsp3) is 0.692. The van der Waals surface area contributed by atoms with Gasteiger partial charge in [-0.25, -0.2) is 13.4 Å². The van der Waals surface area contributed by atoms with Gasteiger partial charge in [0.05, 0.1) is 30.2 Å². The van der Waals surface area contributed by atoms with E-state index in [4.69, 9.17) is 4.74 Å². The second-order valence-electron chi connectivity index (χ2n) is 5.02. The lowest BCUT2D eigenvalue weighted by molar-refractivity contribution is -0.142. The van der Waals surface area contributed by atoms with E-state index in [1.807, 2.05) is 5.38 Å². The van der Waals surface area contributed by atoms with Crippen LogP contribution in [0.3, 0.4) is 0 Å². The normalized spacial score (nSPS) is 21.1. The van der Waals surface area contributed by atoms with Crippen molar-refractivity contribution in [2.45, 2.75) is 30.5 Å². The fourth-order valence-corrected chi connectivity index (χ4v) is 6.17. The van der Waals surface area contributed by atoms with Crippen LogP contribution < -0.4 is 0 Å². The molecule has 1 fully saturated rings. The van der Waals surface area contributed by atoms with Gasteiger partial charge in [0.2, 0.25) is 0 Å². The van der Waals surface area contributed by atoms with Crippen molar-refractivity contribution in [2.24, 2.45) is 5.92 Å². The van der Waals surface area contributed by atoms with E-state index >= 15 is 0 Å². The second-order valence-corrected chi connectivity index (χ2v) is 9.37. The Morgan fingerprint density at radius 2 is 2.38 bits per heavy atom. The number of carbonyl (C=O) groups is 1. The van der Waals surface area contributed by atoms with Gasteiger partial charge in [0.1, 0.15) is 4.34 Å². The highest BCUT2D eigenvalue weighted by molar-refractivity contribution is 8.01. The van der Waals surface area contributed by atoms with Crippen LogP contribution in [0.25, 0.3) is 0 Å². The van der Waals surface area contributed by atoms with Gasteiger partial charge in [0, 0.05) is 11.1 Å². The SMILES string of the molecule is CCOC(=O)Cc1csc(SCC2CCCS(=O)(=O)C2)n1.